The first-order chi connectivity index (χ1) is 9.11. The Morgan fingerprint density at radius 3 is 2.95 bits per heavy atom. The minimum Gasteiger partial charge on any atom is -0.384 e. The largest absolute Gasteiger partial charge is 0.384 e. The van der Waals surface area contributed by atoms with Crippen LogP contribution >= 0.6 is 0 Å². The molecule has 1 aliphatic rings. The zero-order valence-electron chi connectivity index (χ0n) is 11.0. The van der Waals surface area contributed by atoms with Gasteiger partial charge in [-0.3, -0.25) is 9.40 Å². The van der Waals surface area contributed by atoms with Crippen molar-refractivity contribution in [1.82, 2.24) is 15.1 Å². The van der Waals surface area contributed by atoms with Crippen LogP contribution in [0, 0.1) is 0 Å². The van der Waals surface area contributed by atoms with Gasteiger partial charge in [0.2, 0.25) is 10.0 Å². The molecule has 2 rings (SSSR count). The van der Waals surface area contributed by atoms with E-state index in [1.54, 1.807) is 12.4 Å². The van der Waals surface area contributed by atoms with E-state index >= 15 is 0 Å². The van der Waals surface area contributed by atoms with E-state index in [2.05, 4.69) is 15.1 Å². The molecule has 7 nitrogen and oxygen atoms in total. The van der Waals surface area contributed by atoms with Gasteiger partial charge in [-0.05, 0) is 25.9 Å². The van der Waals surface area contributed by atoms with E-state index in [0.29, 0.717) is 11.7 Å². The molecule has 0 atom stereocenters. The molecule has 0 spiro atoms. The number of nitrogens with zero attached hydrogens (tertiary/aromatic N) is 2. The van der Waals surface area contributed by atoms with Crippen LogP contribution in [0.5, 0.6) is 0 Å². The number of hydrogen-bond donors (Lipinski definition) is 2. The molecule has 1 saturated heterocycles. The maximum absolute atomic E-state index is 11.7. The Hall–Kier alpha value is -1.12. The summed E-state index contributed by atoms with van der Waals surface area (Å²) in [5.74, 6) is -0.0535. The number of hydrogen-bond acceptors (Lipinski definition) is 5. The number of aromatic nitrogens is 2. The van der Waals surface area contributed by atoms with E-state index in [-0.39, 0.29) is 12.4 Å². The van der Waals surface area contributed by atoms with Crippen LogP contribution in [0.15, 0.2) is 12.4 Å². The number of methoxy groups -OCH3 is 1. The van der Waals surface area contributed by atoms with Gasteiger partial charge >= 0.3 is 0 Å². The van der Waals surface area contributed by atoms with Crippen LogP contribution < -0.4 is 10.0 Å². The van der Waals surface area contributed by atoms with Gasteiger partial charge in [0.1, 0.15) is 0 Å². The van der Waals surface area contributed by atoms with Crippen molar-refractivity contribution in [3.8, 4) is 0 Å². The smallest absolute Gasteiger partial charge is 0.235 e. The first-order valence-corrected chi connectivity index (χ1v) is 8.00. The standard InChI is InChI=1S/C11H20N4O3S/c1-18-6-7-19(16,17)14-10-8-13-15(9-10)11-2-4-12-5-3-11/h8-9,11-12,14H,2-7H2,1H3. The number of nitrogens with one attached hydrogen (secondary N) is 2. The number of piperidine rings is 1. The molecule has 1 aromatic rings. The molecular formula is C11H20N4O3S. The molecule has 1 aliphatic heterocycles. The fourth-order valence-corrected chi connectivity index (χ4v) is 3.04. The molecule has 0 unspecified atom stereocenters. The molecule has 1 fully saturated rings. The summed E-state index contributed by atoms with van der Waals surface area (Å²) in [4.78, 5) is 0. The Morgan fingerprint density at radius 1 is 1.53 bits per heavy atom. The summed E-state index contributed by atoms with van der Waals surface area (Å²) >= 11 is 0. The lowest BCUT2D eigenvalue weighted by molar-refractivity contribution is 0.217. The zero-order valence-corrected chi connectivity index (χ0v) is 11.8. The van der Waals surface area contributed by atoms with Gasteiger partial charge in [-0.1, -0.05) is 0 Å². The van der Waals surface area contributed by atoms with Crippen molar-refractivity contribution in [3.63, 3.8) is 0 Å². The van der Waals surface area contributed by atoms with Crippen molar-refractivity contribution in [2.75, 3.05) is 37.3 Å². The second-order valence-corrected chi connectivity index (χ2v) is 6.45. The average molecular weight is 288 g/mol. The van der Waals surface area contributed by atoms with Crippen LogP contribution in [0.25, 0.3) is 0 Å². The topological polar surface area (TPSA) is 85.2 Å². The lowest BCUT2D eigenvalue weighted by atomic mass is 10.1. The van der Waals surface area contributed by atoms with E-state index in [0.717, 1.165) is 25.9 Å². The van der Waals surface area contributed by atoms with E-state index in [1.807, 2.05) is 4.68 Å². The quantitative estimate of drug-likeness (QED) is 0.781. The molecule has 19 heavy (non-hydrogen) atoms. The molecule has 0 aromatic carbocycles. The summed E-state index contributed by atoms with van der Waals surface area (Å²) in [6.07, 6.45) is 5.32. The number of anilines is 1. The highest BCUT2D eigenvalue weighted by Crippen LogP contribution is 2.19. The first kappa shape index (κ1) is 14.3. The Labute approximate surface area is 113 Å². The van der Waals surface area contributed by atoms with Gasteiger partial charge in [0, 0.05) is 13.3 Å². The maximum atomic E-state index is 11.7. The summed E-state index contributed by atoms with van der Waals surface area (Å²) in [5.41, 5.74) is 0.509. The maximum Gasteiger partial charge on any atom is 0.235 e. The Bertz CT molecular complexity index is 494. The molecule has 0 bridgehead atoms. The van der Waals surface area contributed by atoms with Crippen LogP contribution in [0.4, 0.5) is 5.69 Å². The van der Waals surface area contributed by atoms with Crippen molar-refractivity contribution in [2.24, 2.45) is 0 Å². The monoisotopic (exact) mass is 288 g/mol. The number of ether oxygens (including phenoxy) is 1. The van der Waals surface area contributed by atoms with Crippen LogP contribution in [-0.4, -0.2) is 50.8 Å². The average Bonchev–Trinajstić information content (AvgIpc) is 2.85. The highest BCUT2D eigenvalue weighted by atomic mass is 32.2. The SMILES string of the molecule is COCCS(=O)(=O)Nc1cnn(C2CCNCC2)c1. The number of rotatable bonds is 6. The Kier molecular flexibility index (Phi) is 4.78. The van der Waals surface area contributed by atoms with E-state index in [9.17, 15) is 8.42 Å². The predicted molar refractivity (Wildman–Crippen MR) is 72.7 cm³/mol. The zero-order chi connectivity index (χ0) is 13.7. The van der Waals surface area contributed by atoms with Gasteiger partial charge in [0.15, 0.2) is 0 Å². The fraction of sp³-hybridized carbons (Fsp3) is 0.727. The summed E-state index contributed by atoms with van der Waals surface area (Å²) in [6.45, 7) is 2.12. The van der Waals surface area contributed by atoms with Crippen molar-refractivity contribution >= 4 is 15.7 Å². The highest BCUT2D eigenvalue weighted by Gasteiger charge is 2.17. The van der Waals surface area contributed by atoms with Crippen LogP contribution in [0.2, 0.25) is 0 Å². The van der Waals surface area contributed by atoms with E-state index in [4.69, 9.17) is 4.74 Å². The third-order valence-corrected chi connectivity index (χ3v) is 4.36. The van der Waals surface area contributed by atoms with Gasteiger partial charge in [0.25, 0.3) is 0 Å². The third-order valence-electron chi connectivity index (χ3n) is 3.11. The van der Waals surface area contributed by atoms with E-state index in [1.165, 1.54) is 7.11 Å². The predicted octanol–water partition coefficient (Wildman–Crippen LogP) is 0.196. The highest BCUT2D eigenvalue weighted by molar-refractivity contribution is 7.92. The van der Waals surface area contributed by atoms with Crippen LogP contribution in [0.1, 0.15) is 18.9 Å². The summed E-state index contributed by atoms with van der Waals surface area (Å²) in [6, 6.07) is 0.346. The molecule has 0 amide bonds. The molecule has 108 valence electrons. The normalized spacial score (nSPS) is 17.5. The third kappa shape index (κ3) is 4.19. The van der Waals surface area contributed by atoms with Crippen LogP contribution in [0.3, 0.4) is 0 Å². The molecular weight excluding hydrogens is 268 g/mol. The van der Waals surface area contributed by atoms with Crippen molar-refractivity contribution in [3.05, 3.63) is 12.4 Å². The lowest BCUT2D eigenvalue weighted by Crippen LogP contribution is -2.29. The summed E-state index contributed by atoms with van der Waals surface area (Å²) < 4.78 is 32.5. The molecule has 2 heterocycles. The lowest BCUT2D eigenvalue weighted by Gasteiger charge is -2.22. The minimum absolute atomic E-state index is 0.0535. The Morgan fingerprint density at radius 2 is 2.26 bits per heavy atom. The second-order valence-electron chi connectivity index (χ2n) is 4.60. The summed E-state index contributed by atoms with van der Waals surface area (Å²) in [5, 5.41) is 7.52. The minimum atomic E-state index is -3.35. The molecule has 2 N–H and O–H groups in total. The van der Waals surface area contributed by atoms with Gasteiger partial charge in [-0.25, -0.2) is 8.42 Å². The van der Waals surface area contributed by atoms with Gasteiger partial charge in [-0.2, -0.15) is 5.10 Å². The van der Waals surface area contributed by atoms with Gasteiger partial charge in [0.05, 0.1) is 30.3 Å². The molecule has 0 saturated carbocycles. The van der Waals surface area contributed by atoms with Crippen molar-refractivity contribution in [2.45, 2.75) is 18.9 Å². The first-order valence-electron chi connectivity index (χ1n) is 6.35. The van der Waals surface area contributed by atoms with Crippen molar-refractivity contribution in [1.29, 1.82) is 0 Å². The Balaban J connectivity index is 1.96. The van der Waals surface area contributed by atoms with Gasteiger partial charge in [-0.15, -0.1) is 0 Å². The molecule has 0 radical (unpaired) electrons. The summed E-state index contributed by atoms with van der Waals surface area (Å²) in [7, 11) is -1.88. The number of sulfonamides is 1. The molecule has 1 aromatic heterocycles. The van der Waals surface area contributed by atoms with Gasteiger partial charge < -0.3 is 10.1 Å². The fourth-order valence-electron chi connectivity index (χ4n) is 2.09. The second kappa shape index (κ2) is 6.36. The molecule has 0 aliphatic carbocycles. The van der Waals surface area contributed by atoms with E-state index < -0.39 is 10.0 Å². The van der Waals surface area contributed by atoms with Crippen LogP contribution in [-0.2, 0) is 14.8 Å². The van der Waals surface area contributed by atoms with Crippen molar-refractivity contribution < 1.29 is 13.2 Å². The molecule has 8 heteroatoms.